The van der Waals surface area contributed by atoms with E-state index in [0.717, 1.165) is 37.0 Å². The number of carbonyl (C=O) groups is 2. The van der Waals surface area contributed by atoms with Crippen molar-refractivity contribution in [2.75, 3.05) is 0 Å². The average molecular weight is 489 g/mol. The van der Waals surface area contributed by atoms with Crippen molar-refractivity contribution in [2.24, 2.45) is 52.3 Å². The van der Waals surface area contributed by atoms with Crippen LogP contribution in [0.5, 0.6) is 0 Å². The lowest BCUT2D eigenvalue weighted by molar-refractivity contribution is -0.143. The lowest BCUT2D eigenvalue weighted by atomic mass is 9.57. The molecule has 204 valence electrons. The molecule has 1 unspecified atom stereocenters. The van der Waals surface area contributed by atoms with Gasteiger partial charge in [0.2, 0.25) is 0 Å². The first-order valence-electron chi connectivity index (χ1n) is 15.4. The SMILES string of the molecule is CC1CCC(C(C)(C)C(=O)C(C)(C)C2CCC(C)CC2)CC1.CCC(C)C(=O)C1CCC(C)CC1. The number of carbonyl (C=O) groups excluding carboxylic acids is 2. The van der Waals surface area contributed by atoms with Crippen LogP contribution in [0, 0.1) is 52.3 Å². The highest BCUT2D eigenvalue weighted by Gasteiger charge is 2.47. The van der Waals surface area contributed by atoms with Crippen LogP contribution >= 0.6 is 0 Å². The van der Waals surface area contributed by atoms with Crippen molar-refractivity contribution in [1.82, 2.24) is 0 Å². The van der Waals surface area contributed by atoms with Gasteiger partial charge in [0.15, 0.2) is 0 Å². The van der Waals surface area contributed by atoms with E-state index >= 15 is 0 Å². The van der Waals surface area contributed by atoms with Gasteiger partial charge in [-0.15, -0.1) is 0 Å². The zero-order chi connectivity index (χ0) is 26.4. The van der Waals surface area contributed by atoms with Crippen molar-refractivity contribution in [1.29, 1.82) is 0 Å². The molecule has 0 heterocycles. The van der Waals surface area contributed by atoms with Crippen LogP contribution in [0.4, 0.5) is 0 Å². The maximum atomic E-state index is 13.4. The van der Waals surface area contributed by atoms with Gasteiger partial charge < -0.3 is 0 Å². The minimum Gasteiger partial charge on any atom is -0.299 e. The van der Waals surface area contributed by atoms with Gasteiger partial charge in [-0.25, -0.2) is 0 Å². The Hall–Kier alpha value is -0.660. The largest absolute Gasteiger partial charge is 0.299 e. The molecule has 0 spiro atoms. The molecule has 0 aromatic carbocycles. The highest BCUT2D eigenvalue weighted by molar-refractivity contribution is 5.89. The summed E-state index contributed by atoms with van der Waals surface area (Å²) >= 11 is 0. The summed E-state index contributed by atoms with van der Waals surface area (Å²) in [7, 11) is 0. The molecular weight excluding hydrogens is 428 g/mol. The Balaban J connectivity index is 0.000000283. The molecule has 3 saturated carbocycles. The molecule has 0 saturated heterocycles. The van der Waals surface area contributed by atoms with E-state index in [4.69, 9.17) is 0 Å². The van der Waals surface area contributed by atoms with Crippen LogP contribution in [0.3, 0.4) is 0 Å². The fourth-order valence-corrected chi connectivity index (χ4v) is 7.31. The number of ketones is 2. The molecular formula is C33H60O2. The van der Waals surface area contributed by atoms with E-state index in [1.807, 2.05) is 0 Å². The van der Waals surface area contributed by atoms with Crippen LogP contribution in [0.25, 0.3) is 0 Å². The van der Waals surface area contributed by atoms with Gasteiger partial charge in [0.05, 0.1) is 0 Å². The van der Waals surface area contributed by atoms with Crippen LogP contribution in [-0.2, 0) is 9.59 Å². The average Bonchev–Trinajstić information content (AvgIpc) is 2.84. The highest BCUT2D eigenvalue weighted by Crippen LogP contribution is 2.49. The molecule has 1 atom stereocenters. The minimum absolute atomic E-state index is 0.146. The quantitative estimate of drug-likeness (QED) is 0.357. The lowest BCUT2D eigenvalue weighted by Crippen LogP contribution is -2.46. The van der Waals surface area contributed by atoms with Gasteiger partial charge in [-0.2, -0.15) is 0 Å². The Bertz CT molecular complexity index is 615. The van der Waals surface area contributed by atoms with Crippen molar-refractivity contribution in [3.05, 3.63) is 0 Å². The van der Waals surface area contributed by atoms with E-state index in [1.165, 1.54) is 64.2 Å². The van der Waals surface area contributed by atoms with Gasteiger partial charge in [0.25, 0.3) is 0 Å². The Kier molecular flexibility index (Phi) is 11.6. The van der Waals surface area contributed by atoms with Gasteiger partial charge in [0, 0.05) is 22.7 Å². The van der Waals surface area contributed by atoms with Gasteiger partial charge in [-0.1, -0.05) is 101 Å². The third-order valence-electron chi connectivity index (χ3n) is 10.8. The third-order valence-corrected chi connectivity index (χ3v) is 10.8. The molecule has 0 aromatic heterocycles. The molecule has 35 heavy (non-hydrogen) atoms. The summed E-state index contributed by atoms with van der Waals surface area (Å²) in [5.41, 5.74) is -0.292. The maximum absolute atomic E-state index is 13.4. The predicted octanol–water partition coefficient (Wildman–Crippen LogP) is 9.69. The zero-order valence-corrected chi connectivity index (χ0v) is 25.1. The van der Waals surface area contributed by atoms with E-state index in [9.17, 15) is 9.59 Å². The summed E-state index contributed by atoms with van der Waals surface area (Å²) in [6, 6.07) is 0. The maximum Gasteiger partial charge on any atom is 0.144 e. The van der Waals surface area contributed by atoms with Crippen molar-refractivity contribution >= 4 is 11.6 Å². The molecule has 0 amide bonds. The summed E-state index contributed by atoms with van der Waals surface area (Å²) < 4.78 is 0. The molecule has 3 aliphatic rings. The highest BCUT2D eigenvalue weighted by atomic mass is 16.1. The zero-order valence-electron chi connectivity index (χ0n) is 25.1. The number of Topliss-reactive ketones (excluding diaryl/α,β-unsaturated/α-hetero) is 2. The molecule has 3 aliphatic carbocycles. The molecule has 3 rings (SSSR count). The molecule has 0 aromatic rings. The van der Waals surface area contributed by atoms with Crippen molar-refractivity contribution in [2.45, 2.75) is 146 Å². The fourth-order valence-electron chi connectivity index (χ4n) is 7.31. The van der Waals surface area contributed by atoms with Gasteiger partial charge in [0.1, 0.15) is 11.6 Å². The Morgan fingerprint density at radius 2 is 0.943 bits per heavy atom. The molecule has 0 N–H and O–H groups in total. The van der Waals surface area contributed by atoms with Crippen LogP contribution in [0.15, 0.2) is 0 Å². The number of hydrogen-bond acceptors (Lipinski definition) is 2. The lowest BCUT2D eigenvalue weighted by Gasteiger charge is -2.45. The normalized spacial score (nSPS) is 33.3. The minimum atomic E-state index is -0.146. The molecule has 2 nitrogen and oxygen atoms in total. The molecule has 0 aliphatic heterocycles. The first kappa shape index (κ1) is 30.6. The molecule has 0 bridgehead atoms. The Morgan fingerprint density at radius 1 is 0.629 bits per heavy atom. The summed E-state index contributed by atoms with van der Waals surface area (Å²) in [5, 5.41) is 0. The standard InChI is InChI=1S/C21H38O.C12H22O/c1-15-7-11-17(12-8-15)20(3,4)19(22)21(5,6)18-13-9-16(2)10-14-18;1-4-10(3)12(13)11-7-5-9(2)6-8-11/h15-18H,7-14H2,1-6H3;9-11H,4-8H2,1-3H3. The van der Waals surface area contributed by atoms with Gasteiger partial charge >= 0.3 is 0 Å². The van der Waals surface area contributed by atoms with Crippen LogP contribution < -0.4 is 0 Å². The van der Waals surface area contributed by atoms with E-state index in [-0.39, 0.29) is 10.8 Å². The first-order valence-corrected chi connectivity index (χ1v) is 15.4. The fraction of sp³-hybridized carbons (Fsp3) is 0.939. The van der Waals surface area contributed by atoms with Crippen molar-refractivity contribution in [3.8, 4) is 0 Å². The third kappa shape index (κ3) is 8.16. The molecule has 0 radical (unpaired) electrons. The van der Waals surface area contributed by atoms with Crippen LogP contribution in [0.1, 0.15) is 146 Å². The van der Waals surface area contributed by atoms with E-state index < -0.39 is 0 Å². The van der Waals surface area contributed by atoms with Crippen LogP contribution in [-0.4, -0.2) is 11.6 Å². The monoisotopic (exact) mass is 488 g/mol. The second kappa shape index (κ2) is 13.2. The van der Waals surface area contributed by atoms with Crippen LogP contribution in [0.2, 0.25) is 0 Å². The second-order valence-corrected chi connectivity index (χ2v) is 14.4. The summed E-state index contributed by atoms with van der Waals surface area (Å²) in [6.07, 6.45) is 16.0. The molecule has 2 heteroatoms. The topological polar surface area (TPSA) is 34.1 Å². The summed E-state index contributed by atoms with van der Waals surface area (Å²) in [4.78, 5) is 25.3. The van der Waals surface area contributed by atoms with E-state index in [0.29, 0.717) is 35.2 Å². The smallest absolute Gasteiger partial charge is 0.144 e. The van der Waals surface area contributed by atoms with Crippen molar-refractivity contribution in [3.63, 3.8) is 0 Å². The Labute approximate surface area is 219 Å². The van der Waals surface area contributed by atoms with Gasteiger partial charge in [-0.05, 0) is 74.5 Å². The Morgan fingerprint density at radius 3 is 1.26 bits per heavy atom. The summed E-state index contributed by atoms with van der Waals surface area (Å²) in [5.74, 6) is 5.50. The van der Waals surface area contributed by atoms with E-state index in [2.05, 4.69) is 62.3 Å². The van der Waals surface area contributed by atoms with E-state index in [1.54, 1.807) is 0 Å². The second-order valence-electron chi connectivity index (χ2n) is 14.4. The molecule has 3 fully saturated rings. The van der Waals surface area contributed by atoms with Crippen molar-refractivity contribution < 1.29 is 9.59 Å². The first-order chi connectivity index (χ1) is 16.3. The predicted molar refractivity (Wildman–Crippen MR) is 150 cm³/mol. The van der Waals surface area contributed by atoms with Gasteiger partial charge in [-0.3, -0.25) is 9.59 Å². The summed E-state index contributed by atoms with van der Waals surface area (Å²) in [6.45, 7) is 20.1. The number of hydrogen-bond donors (Lipinski definition) is 0. The number of rotatable bonds is 7.